The molecule has 0 atom stereocenters. The number of carbonyl (C=O) groups is 1. The van der Waals surface area contributed by atoms with Gasteiger partial charge in [-0.15, -0.1) is 0 Å². The number of nitrogens with zero attached hydrogens (tertiary/aromatic N) is 2. The summed E-state index contributed by atoms with van der Waals surface area (Å²) in [5.74, 6) is -0.212. The van der Waals surface area contributed by atoms with Crippen molar-refractivity contribution in [3.8, 4) is 0 Å². The van der Waals surface area contributed by atoms with Crippen molar-refractivity contribution >= 4 is 17.8 Å². The predicted octanol–water partition coefficient (Wildman–Crippen LogP) is 2.43. The highest BCUT2D eigenvalue weighted by molar-refractivity contribution is 5.94. The zero-order valence-electron chi connectivity index (χ0n) is 13.9. The van der Waals surface area contributed by atoms with Gasteiger partial charge in [0.05, 0.1) is 6.21 Å². The molecule has 0 aliphatic heterocycles. The lowest BCUT2D eigenvalue weighted by Gasteiger charge is -2.11. The number of hydrogen-bond donors (Lipinski definition) is 2. The first-order valence-corrected chi connectivity index (χ1v) is 7.18. The molecule has 0 unspecified atom stereocenters. The molecule has 0 spiro atoms. The zero-order valence-corrected chi connectivity index (χ0v) is 13.9. The van der Waals surface area contributed by atoms with Crippen LogP contribution in [0, 0.1) is 6.92 Å². The Morgan fingerprint density at radius 1 is 1.04 bits per heavy atom. The highest BCUT2D eigenvalue weighted by Crippen LogP contribution is 2.10. The largest absolute Gasteiger partial charge is 0.400 e. The molecule has 0 bridgehead atoms. The van der Waals surface area contributed by atoms with E-state index in [4.69, 9.17) is 5.11 Å². The van der Waals surface area contributed by atoms with Crippen molar-refractivity contribution in [2.45, 2.75) is 6.92 Å². The number of rotatable bonds is 4. The molecular weight excluding hydrogens is 290 g/mol. The summed E-state index contributed by atoms with van der Waals surface area (Å²) in [6, 6.07) is 15.3. The van der Waals surface area contributed by atoms with Crippen molar-refractivity contribution in [3.05, 3.63) is 65.2 Å². The van der Waals surface area contributed by atoms with E-state index in [1.165, 1.54) is 0 Å². The van der Waals surface area contributed by atoms with Gasteiger partial charge in [0.15, 0.2) is 0 Å². The zero-order chi connectivity index (χ0) is 17.2. The van der Waals surface area contributed by atoms with Crippen LogP contribution in [0.2, 0.25) is 0 Å². The molecule has 0 fully saturated rings. The lowest BCUT2D eigenvalue weighted by molar-refractivity contribution is 0.0955. The molecule has 5 heteroatoms. The average molecular weight is 313 g/mol. The van der Waals surface area contributed by atoms with E-state index >= 15 is 0 Å². The highest BCUT2D eigenvalue weighted by atomic mass is 16.2. The molecule has 0 radical (unpaired) electrons. The third-order valence-electron chi connectivity index (χ3n) is 3.10. The molecule has 2 N–H and O–H groups in total. The van der Waals surface area contributed by atoms with Gasteiger partial charge < -0.3 is 10.0 Å². The van der Waals surface area contributed by atoms with E-state index in [1.807, 2.05) is 62.3 Å². The van der Waals surface area contributed by atoms with Gasteiger partial charge in [-0.25, -0.2) is 5.43 Å². The number of carbonyl (C=O) groups excluding carboxylic acids is 1. The number of anilines is 1. The Morgan fingerprint density at radius 3 is 2.13 bits per heavy atom. The van der Waals surface area contributed by atoms with Crippen LogP contribution in [0.15, 0.2) is 53.6 Å². The molecule has 2 rings (SSSR count). The summed E-state index contributed by atoms with van der Waals surface area (Å²) in [6.07, 6.45) is 1.63. The number of hydrogen-bond acceptors (Lipinski definition) is 4. The molecule has 5 nitrogen and oxygen atoms in total. The van der Waals surface area contributed by atoms with E-state index in [-0.39, 0.29) is 5.91 Å². The summed E-state index contributed by atoms with van der Waals surface area (Å²) >= 11 is 0. The maximum atomic E-state index is 11.9. The van der Waals surface area contributed by atoms with Crippen molar-refractivity contribution < 1.29 is 9.90 Å². The molecule has 0 heterocycles. The predicted molar refractivity (Wildman–Crippen MR) is 95.2 cm³/mol. The maximum absolute atomic E-state index is 11.9. The van der Waals surface area contributed by atoms with Crippen LogP contribution >= 0.6 is 0 Å². The van der Waals surface area contributed by atoms with Crippen LogP contribution in [0.1, 0.15) is 21.5 Å². The van der Waals surface area contributed by atoms with Gasteiger partial charge in [-0.05, 0) is 36.8 Å². The number of benzene rings is 2. The van der Waals surface area contributed by atoms with Gasteiger partial charge in [0.25, 0.3) is 5.91 Å². The normalized spacial score (nSPS) is 9.96. The van der Waals surface area contributed by atoms with Crippen LogP contribution in [-0.2, 0) is 0 Å². The van der Waals surface area contributed by atoms with Gasteiger partial charge in [0.2, 0.25) is 0 Å². The molecule has 23 heavy (non-hydrogen) atoms. The van der Waals surface area contributed by atoms with Crippen molar-refractivity contribution in [1.29, 1.82) is 0 Å². The van der Waals surface area contributed by atoms with Gasteiger partial charge in [-0.1, -0.05) is 29.8 Å². The lowest BCUT2D eigenvalue weighted by Crippen LogP contribution is -2.17. The van der Waals surface area contributed by atoms with E-state index in [0.717, 1.165) is 23.9 Å². The van der Waals surface area contributed by atoms with Crippen LogP contribution in [-0.4, -0.2) is 38.4 Å². The molecule has 0 aromatic heterocycles. The van der Waals surface area contributed by atoms with Crippen LogP contribution < -0.4 is 10.3 Å². The first-order valence-electron chi connectivity index (χ1n) is 7.18. The third-order valence-corrected chi connectivity index (χ3v) is 3.10. The maximum Gasteiger partial charge on any atom is 0.271 e. The molecule has 1 amide bonds. The minimum Gasteiger partial charge on any atom is -0.400 e. The van der Waals surface area contributed by atoms with Gasteiger partial charge in [-0.3, -0.25) is 4.79 Å². The second kappa shape index (κ2) is 9.38. The second-order valence-corrected chi connectivity index (χ2v) is 5.05. The van der Waals surface area contributed by atoms with E-state index in [9.17, 15) is 4.79 Å². The van der Waals surface area contributed by atoms with E-state index in [1.54, 1.807) is 18.3 Å². The van der Waals surface area contributed by atoms with Crippen molar-refractivity contribution in [1.82, 2.24) is 5.43 Å². The number of nitrogens with one attached hydrogen (secondary N) is 1. The fourth-order valence-electron chi connectivity index (χ4n) is 1.79. The Kier molecular flexibility index (Phi) is 7.50. The fraction of sp³-hybridized carbons (Fsp3) is 0.222. The van der Waals surface area contributed by atoms with Crippen LogP contribution in [0.4, 0.5) is 5.69 Å². The Labute approximate surface area is 137 Å². The average Bonchev–Trinajstić information content (AvgIpc) is 2.57. The Morgan fingerprint density at radius 2 is 1.61 bits per heavy atom. The van der Waals surface area contributed by atoms with Crippen LogP contribution in [0.3, 0.4) is 0 Å². The minimum absolute atomic E-state index is 0.212. The molecule has 2 aromatic carbocycles. The Hall–Kier alpha value is -2.66. The Bertz CT molecular complexity index is 632. The minimum atomic E-state index is -0.212. The second-order valence-electron chi connectivity index (χ2n) is 5.05. The molecule has 122 valence electrons. The van der Waals surface area contributed by atoms with Crippen LogP contribution in [0.5, 0.6) is 0 Å². The fourth-order valence-corrected chi connectivity index (χ4v) is 1.79. The first kappa shape index (κ1) is 18.4. The molecule has 0 saturated carbocycles. The van der Waals surface area contributed by atoms with Gasteiger partial charge in [0.1, 0.15) is 0 Å². The number of aliphatic hydroxyl groups excluding tert-OH is 1. The number of amides is 1. The summed E-state index contributed by atoms with van der Waals surface area (Å²) in [4.78, 5) is 13.9. The SMILES string of the molecule is CO.Cc1ccc(C(=O)N/N=C/c2ccc(N(C)C)cc2)cc1. The Balaban J connectivity index is 0.00000127. The standard InChI is InChI=1S/C17H19N3O.CH4O/c1-13-4-8-15(9-5-13)17(21)19-18-12-14-6-10-16(11-7-14)20(2)3;1-2/h4-12H,1-3H3,(H,19,21);2H,1H3/b18-12+;. The van der Waals surface area contributed by atoms with E-state index in [2.05, 4.69) is 10.5 Å². The molecule has 0 aliphatic rings. The van der Waals surface area contributed by atoms with Crippen molar-refractivity contribution in [2.75, 3.05) is 26.1 Å². The summed E-state index contributed by atoms with van der Waals surface area (Å²) in [7, 11) is 4.98. The van der Waals surface area contributed by atoms with Gasteiger partial charge in [-0.2, -0.15) is 5.10 Å². The molecule has 2 aromatic rings. The smallest absolute Gasteiger partial charge is 0.271 e. The summed E-state index contributed by atoms with van der Waals surface area (Å²) < 4.78 is 0. The summed E-state index contributed by atoms with van der Waals surface area (Å²) in [5.41, 5.74) is 6.30. The molecule has 0 aliphatic carbocycles. The number of aryl methyl sites for hydroxylation is 1. The van der Waals surface area contributed by atoms with E-state index < -0.39 is 0 Å². The van der Waals surface area contributed by atoms with Crippen molar-refractivity contribution in [2.24, 2.45) is 5.10 Å². The quantitative estimate of drug-likeness (QED) is 0.673. The highest BCUT2D eigenvalue weighted by Gasteiger charge is 2.02. The molecular formula is C18H23N3O2. The summed E-state index contributed by atoms with van der Waals surface area (Å²) in [6.45, 7) is 1.98. The first-order chi connectivity index (χ1) is 11.1. The van der Waals surface area contributed by atoms with Gasteiger partial charge in [0, 0.05) is 32.5 Å². The van der Waals surface area contributed by atoms with E-state index in [0.29, 0.717) is 5.56 Å². The number of aliphatic hydroxyl groups is 1. The topological polar surface area (TPSA) is 64.9 Å². The van der Waals surface area contributed by atoms with Crippen LogP contribution in [0.25, 0.3) is 0 Å². The van der Waals surface area contributed by atoms with Gasteiger partial charge >= 0.3 is 0 Å². The van der Waals surface area contributed by atoms with Crippen molar-refractivity contribution in [3.63, 3.8) is 0 Å². The monoisotopic (exact) mass is 313 g/mol. The molecule has 0 saturated heterocycles. The number of hydrazone groups is 1. The lowest BCUT2D eigenvalue weighted by atomic mass is 10.1. The summed E-state index contributed by atoms with van der Waals surface area (Å²) in [5, 5.41) is 11.0. The third kappa shape index (κ3) is 5.92.